The Hall–Kier alpha value is -0.520. The highest BCUT2D eigenvalue weighted by atomic mass is 14.5. The molecule has 0 nitrogen and oxygen atoms in total. The molecule has 1 fully saturated rings. The van der Waals surface area contributed by atoms with Gasteiger partial charge >= 0.3 is 0 Å². The van der Waals surface area contributed by atoms with Crippen molar-refractivity contribution < 1.29 is 0 Å². The first-order valence-electron chi connectivity index (χ1n) is 4.73. The summed E-state index contributed by atoms with van der Waals surface area (Å²) in [5, 5.41) is 0. The molecule has 3 rings (SSSR count). The van der Waals surface area contributed by atoms with Gasteiger partial charge in [-0.25, -0.2) is 0 Å². The van der Waals surface area contributed by atoms with Crippen molar-refractivity contribution in [3.63, 3.8) is 0 Å². The molecule has 0 aromatic heterocycles. The molecule has 0 aromatic carbocycles. The smallest absolute Gasteiger partial charge is 0.0131 e. The minimum absolute atomic E-state index is 0.847. The van der Waals surface area contributed by atoms with Gasteiger partial charge in [-0.3, -0.25) is 0 Å². The van der Waals surface area contributed by atoms with Crippen molar-refractivity contribution >= 4 is 0 Å². The average molecular weight is 146 g/mol. The van der Waals surface area contributed by atoms with E-state index >= 15 is 0 Å². The molecule has 1 saturated carbocycles. The maximum atomic E-state index is 2.46. The normalized spacial score (nSPS) is 57.4. The molecule has 3 aliphatic rings. The molecule has 0 aromatic rings. The zero-order valence-corrected chi connectivity index (χ0v) is 6.90. The molecular formula is C11H14. The molecule has 0 aliphatic heterocycles. The average Bonchev–Trinajstić information content (AvgIpc) is 2.60. The molecule has 0 heteroatoms. The van der Waals surface area contributed by atoms with Gasteiger partial charge in [0.05, 0.1) is 0 Å². The summed E-state index contributed by atoms with van der Waals surface area (Å²) in [6.45, 7) is 2.37. The first-order valence-corrected chi connectivity index (χ1v) is 4.73. The van der Waals surface area contributed by atoms with Gasteiger partial charge < -0.3 is 0 Å². The fourth-order valence-corrected chi connectivity index (χ4v) is 3.34. The summed E-state index contributed by atoms with van der Waals surface area (Å²) < 4.78 is 0. The van der Waals surface area contributed by atoms with E-state index in [1.165, 1.54) is 6.42 Å². The highest BCUT2D eigenvalue weighted by Crippen LogP contribution is 2.54. The van der Waals surface area contributed by atoms with Gasteiger partial charge in [-0.05, 0) is 36.0 Å². The highest BCUT2D eigenvalue weighted by molar-refractivity contribution is 5.23. The lowest BCUT2D eigenvalue weighted by molar-refractivity contribution is 0.326. The molecule has 2 bridgehead atoms. The summed E-state index contributed by atoms with van der Waals surface area (Å²) in [5.41, 5.74) is 0. The molecule has 0 spiro atoms. The van der Waals surface area contributed by atoms with Gasteiger partial charge in [-0.2, -0.15) is 0 Å². The Labute approximate surface area is 68.0 Å². The van der Waals surface area contributed by atoms with E-state index in [4.69, 9.17) is 0 Å². The third kappa shape index (κ3) is 0.610. The van der Waals surface area contributed by atoms with Crippen molar-refractivity contribution in [3.8, 4) is 0 Å². The third-order valence-electron chi connectivity index (χ3n) is 3.83. The van der Waals surface area contributed by atoms with E-state index in [0.29, 0.717) is 0 Å². The SMILES string of the molecule is C[C@@H]1C=C[C@@H]2[C@@H]1[C@@H]1C=C[C@@H]2C1. The van der Waals surface area contributed by atoms with Crippen molar-refractivity contribution in [1.29, 1.82) is 0 Å². The summed E-state index contributed by atoms with van der Waals surface area (Å²) >= 11 is 0. The van der Waals surface area contributed by atoms with Gasteiger partial charge in [0.25, 0.3) is 0 Å². The van der Waals surface area contributed by atoms with Crippen LogP contribution in [0.25, 0.3) is 0 Å². The molecule has 0 amide bonds. The van der Waals surface area contributed by atoms with Gasteiger partial charge in [0, 0.05) is 0 Å². The van der Waals surface area contributed by atoms with Crippen molar-refractivity contribution in [2.24, 2.45) is 29.6 Å². The minimum atomic E-state index is 0.847. The summed E-state index contributed by atoms with van der Waals surface area (Å²) in [5.74, 6) is 4.58. The van der Waals surface area contributed by atoms with E-state index in [1.54, 1.807) is 0 Å². The largest absolute Gasteiger partial charge is 0.0851 e. The van der Waals surface area contributed by atoms with E-state index in [-0.39, 0.29) is 0 Å². The Kier molecular flexibility index (Phi) is 0.988. The predicted molar refractivity (Wildman–Crippen MR) is 46.0 cm³/mol. The van der Waals surface area contributed by atoms with E-state index < -0.39 is 0 Å². The van der Waals surface area contributed by atoms with Crippen molar-refractivity contribution in [2.75, 3.05) is 0 Å². The second-order valence-electron chi connectivity index (χ2n) is 4.35. The molecule has 0 unspecified atom stereocenters. The summed E-state index contributed by atoms with van der Waals surface area (Å²) in [6.07, 6.45) is 11.2. The van der Waals surface area contributed by atoms with Crippen LogP contribution in [0.3, 0.4) is 0 Å². The fourth-order valence-electron chi connectivity index (χ4n) is 3.34. The number of fused-ring (bicyclic) bond motifs is 5. The maximum absolute atomic E-state index is 2.46. The molecule has 0 saturated heterocycles. The summed E-state index contributed by atoms with van der Waals surface area (Å²) in [6, 6.07) is 0. The first kappa shape index (κ1) is 6.05. The predicted octanol–water partition coefficient (Wildman–Crippen LogP) is 2.63. The monoisotopic (exact) mass is 146 g/mol. The number of allylic oxidation sites excluding steroid dienone is 4. The Morgan fingerprint density at radius 3 is 2.64 bits per heavy atom. The van der Waals surface area contributed by atoms with Crippen LogP contribution < -0.4 is 0 Å². The molecule has 11 heavy (non-hydrogen) atoms. The van der Waals surface area contributed by atoms with Crippen LogP contribution in [0.1, 0.15) is 13.3 Å². The van der Waals surface area contributed by atoms with Crippen molar-refractivity contribution in [1.82, 2.24) is 0 Å². The minimum Gasteiger partial charge on any atom is -0.0851 e. The van der Waals surface area contributed by atoms with Gasteiger partial charge in [-0.1, -0.05) is 31.2 Å². The van der Waals surface area contributed by atoms with Gasteiger partial charge in [-0.15, -0.1) is 0 Å². The Balaban J connectivity index is 2.02. The van der Waals surface area contributed by atoms with Gasteiger partial charge in [0.1, 0.15) is 0 Å². The van der Waals surface area contributed by atoms with E-state index in [2.05, 4.69) is 31.2 Å². The first-order chi connectivity index (χ1) is 5.36. The Morgan fingerprint density at radius 2 is 1.82 bits per heavy atom. The second kappa shape index (κ2) is 1.80. The summed E-state index contributed by atoms with van der Waals surface area (Å²) in [4.78, 5) is 0. The molecule has 0 heterocycles. The number of hydrogen-bond donors (Lipinski definition) is 0. The van der Waals surface area contributed by atoms with Crippen LogP contribution in [0.5, 0.6) is 0 Å². The number of rotatable bonds is 0. The molecule has 0 N–H and O–H groups in total. The van der Waals surface area contributed by atoms with Crippen LogP contribution >= 0.6 is 0 Å². The fraction of sp³-hybridized carbons (Fsp3) is 0.636. The maximum Gasteiger partial charge on any atom is -0.0131 e. The van der Waals surface area contributed by atoms with Crippen LogP contribution in [0.15, 0.2) is 24.3 Å². The quantitative estimate of drug-likeness (QED) is 0.461. The zero-order chi connectivity index (χ0) is 7.42. The topological polar surface area (TPSA) is 0 Å². The molecule has 5 atom stereocenters. The van der Waals surface area contributed by atoms with Crippen LogP contribution in [-0.4, -0.2) is 0 Å². The summed E-state index contributed by atoms with van der Waals surface area (Å²) in [7, 11) is 0. The number of hydrogen-bond acceptors (Lipinski definition) is 0. The Morgan fingerprint density at radius 1 is 1.00 bits per heavy atom. The van der Waals surface area contributed by atoms with Crippen LogP contribution in [-0.2, 0) is 0 Å². The Bertz CT molecular complexity index is 236. The lowest BCUT2D eigenvalue weighted by Crippen LogP contribution is -2.18. The molecule has 0 radical (unpaired) electrons. The molecule has 58 valence electrons. The van der Waals surface area contributed by atoms with Gasteiger partial charge in [0.2, 0.25) is 0 Å². The third-order valence-corrected chi connectivity index (χ3v) is 3.83. The lowest BCUT2D eigenvalue weighted by Gasteiger charge is -2.23. The van der Waals surface area contributed by atoms with E-state index in [9.17, 15) is 0 Å². The molecule has 3 aliphatic carbocycles. The van der Waals surface area contributed by atoms with E-state index in [1.807, 2.05) is 0 Å². The molecular weight excluding hydrogens is 132 g/mol. The second-order valence-corrected chi connectivity index (χ2v) is 4.35. The van der Waals surface area contributed by atoms with Crippen LogP contribution in [0, 0.1) is 29.6 Å². The lowest BCUT2D eigenvalue weighted by atomic mass is 9.81. The van der Waals surface area contributed by atoms with Crippen molar-refractivity contribution in [2.45, 2.75) is 13.3 Å². The van der Waals surface area contributed by atoms with Gasteiger partial charge in [0.15, 0.2) is 0 Å². The standard InChI is InChI=1S/C11H14/c1-7-2-5-10-8-3-4-9(6-8)11(7)10/h2-5,7-11H,6H2,1H3/t7-,8-,9-,10+,11+/m1/s1. The highest BCUT2D eigenvalue weighted by Gasteiger charge is 2.47. The zero-order valence-electron chi connectivity index (χ0n) is 6.90. The van der Waals surface area contributed by atoms with Crippen molar-refractivity contribution in [3.05, 3.63) is 24.3 Å². The van der Waals surface area contributed by atoms with E-state index in [0.717, 1.165) is 29.6 Å². The van der Waals surface area contributed by atoms with Crippen LogP contribution in [0.4, 0.5) is 0 Å². The van der Waals surface area contributed by atoms with Crippen LogP contribution in [0.2, 0.25) is 0 Å².